The lowest BCUT2D eigenvalue weighted by atomic mass is 9.76. The maximum Gasteiger partial charge on any atom is 0.188 e. The van der Waals surface area contributed by atoms with Gasteiger partial charge in [0.05, 0.1) is 15.6 Å². The fourth-order valence-electron chi connectivity index (χ4n) is 2.45. The summed E-state index contributed by atoms with van der Waals surface area (Å²) < 4.78 is 0.816. The molecule has 0 saturated carbocycles. The molecule has 0 N–H and O–H groups in total. The molecule has 2 aromatic heterocycles. The fourth-order valence-corrected chi connectivity index (χ4v) is 4.37. The number of carbonyl (C=O) groups is 1. The van der Waals surface area contributed by atoms with Crippen molar-refractivity contribution < 1.29 is 4.79 Å². The smallest absolute Gasteiger partial charge is 0.188 e. The number of Topliss-reactive ketones (excluding diaryl/α,β-unsaturated/α-hetero) is 1. The molecule has 2 aromatic rings. The molecular formula is C15H15ClN2OS2. The van der Waals surface area contributed by atoms with Crippen LogP contribution in [0.5, 0.6) is 0 Å². The van der Waals surface area contributed by atoms with Crippen molar-refractivity contribution >= 4 is 40.5 Å². The Morgan fingerprint density at radius 3 is 2.95 bits per heavy atom. The molecule has 3 nitrogen and oxygen atoms in total. The van der Waals surface area contributed by atoms with Gasteiger partial charge in [0.2, 0.25) is 0 Å². The van der Waals surface area contributed by atoms with Crippen molar-refractivity contribution in [2.24, 2.45) is 5.41 Å². The maximum atomic E-state index is 12.1. The Morgan fingerprint density at radius 1 is 1.43 bits per heavy atom. The largest absolute Gasteiger partial charge is 0.294 e. The number of rotatable bonds is 3. The van der Waals surface area contributed by atoms with Gasteiger partial charge < -0.3 is 0 Å². The lowest BCUT2D eigenvalue weighted by molar-refractivity contribution is 0.0909. The molecule has 2 heterocycles. The van der Waals surface area contributed by atoms with Crippen LogP contribution in [0.1, 0.15) is 41.9 Å². The number of carbonyl (C=O) groups excluding carboxylic acids is 1. The van der Waals surface area contributed by atoms with Crippen LogP contribution in [-0.4, -0.2) is 15.8 Å². The van der Waals surface area contributed by atoms with Crippen LogP contribution >= 0.6 is 34.7 Å². The van der Waals surface area contributed by atoms with Crippen LogP contribution in [0.2, 0.25) is 4.34 Å². The summed E-state index contributed by atoms with van der Waals surface area (Å²) in [4.78, 5) is 21.0. The summed E-state index contributed by atoms with van der Waals surface area (Å²) in [7, 11) is 0. The second kappa shape index (κ2) is 5.71. The molecule has 21 heavy (non-hydrogen) atoms. The maximum absolute atomic E-state index is 12.1. The van der Waals surface area contributed by atoms with Crippen LogP contribution in [0, 0.1) is 5.41 Å². The first kappa shape index (κ1) is 15.0. The van der Waals surface area contributed by atoms with Gasteiger partial charge in [-0.15, -0.1) is 11.3 Å². The molecular weight excluding hydrogens is 324 g/mol. The van der Waals surface area contributed by atoms with Crippen molar-refractivity contribution in [1.82, 2.24) is 9.97 Å². The van der Waals surface area contributed by atoms with Gasteiger partial charge in [-0.1, -0.05) is 37.2 Å². The van der Waals surface area contributed by atoms with Crippen LogP contribution in [0.3, 0.4) is 0 Å². The van der Waals surface area contributed by atoms with E-state index in [1.54, 1.807) is 18.0 Å². The van der Waals surface area contributed by atoms with E-state index in [2.05, 4.69) is 23.8 Å². The van der Waals surface area contributed by atoms with Crippen molar-refractivity contribution in [3.05, 3.63) is 38.8 Å². The van der Waals surface area contributed by atoms with Gasteiger partial charge in [0.25, 0.3) is 0 Å². The number of hydrogen-bond donors (Lipinski definition) is 0. The molecule has 1 aliphatic carbocycles. The van der Waals surface area contributed by atoms with Gasteiger partial charge in [-0.25, -0.2) is 9.97 Å². The summed E-state index contributed by atoms with van der Waals surface area (Å²) in [6.07, 6.45) is 3.07. The minimum absolute atomic E-state index is 0.0168. The SMILES string of the molecule is CC1(C)CC(=O)c2cnc(SCc3ccsc3Cl)nc2C1. The third-order valence-corrected chi connectivity index (χ3v) is 5.64. The molecule has 0 bridgehead atoms. The second-order valence-electron chi connectivity index (χ2n) is 5.96. The van der Waals surface area contributed by atoms with Gasteiger partial charge in [-0.05, 0) is 28.8 Å². The zero-order chi connectivity index (χ0) is 15.0. The molecule has 0 spiro atoms. The van der Waals surface area contributed by atoms with E-state index in [1.807, 2.05) is 11.4 Å². The third-order valence-electron chi connectivity index (χ3n) is 3.48. The average molecular weight is 339 g/mol. The summed E-state index contributed by atoms with van der Waals surface area (Å²) in [6.45, 7) is 4.21. The number of halogens is 1. The van der Waals surface area contributed by atoms with Crippen LogP contribution in [0.15, 0.2) is 22.8 Å². The Bertz CT molecular complexity index is 697. The molecule has 1 aliphatic rings. The van der Waals surface area contributed by atoms with E-state index in [9.17, 15) is 4.79 Å². The highest BCUT2D eigenvalue weighted by Crippen LogP contribution is 2.35. The third kappa shape index (κ3) is 3.30. The molecule has 0 atom stereocenters. The zero-order valence-electron chi connectivity index (χ0n) is 11.9. The summed E-state index contributed by atoms with van der Waals surface area (Å²) >= 11 is 9.18. The Kier molecular flexibility index (Phi) is 4.08. The van der Waals surface area contributed by atoms with E-state index in [1.165, 1.54) is 11.3 Å². The fraction of sp³-hybridized carbons (Fsp3) is 0.400. The second-order valence-corrected chi connectivity index (χ2v) is 8.42. The van der Waals surface area contributed by atoms with E-state index in [0.717, 1.165) is 27.8 Å². The minimum atomic E-state index is -0.0168. The van der Waals surface area contributed by atoms with Crippen LogP contribution in [-0.2, 0) is 12.2 Å². The van der Waals surface area contributed by atoms with E-state index < -0.39 is 0 Å². The number of fused-ring (bicyclic) bond motifs is 1. The van der Waals surface area contributed by atoms with Crippen LogP contribution in [0.25, 0.3) is 0 Å². The molecule has 0 amide bonds. The lowest BCUT2D eigenvalue weighted by Gasteiger charge is -2.29. The number of ketones is 1. The average Bonchev–Trinajstić information content (AvgIpc) is 2.80. The lowest BCUT2D eigenvalue weighted by Crippen LogP contribution is -2.28. The first-order valence-electron chi connectivity index (χ1n) is 6.68. The highest BCUT2D eigenvalue weighted by molar-refractivity contribution is 7.98. The van der Waals surface area contributed by atoms with Gasteiger partial charge in [-0.2, -0.15) is 0 Å². The summed E-state index contributed by atoms with van der Waals surface area (Å²) in [5.41, 5.74) is 2.65. The summed E-state index contributed by atoms with van der Waals surface area (Å²) in [5.74, 6) is 0.900. The number of hydrogen-bond acceptors (Lipinski definition) is 5. The first-order valence-corrected chi connectivity index (χ1v) is 8.93. The molecule has 3 rings (SSSR count). The van der Waals surface area contributed by atoms with Crippen LogP contribution in [0.4, 0.5) is 0 Å². The number of thioether (sulfide) groups is 1. The Balaban J connectivity index is 1.80. The molecule has 0 aliphatic heterocycles. The Morgan fingerprint density at radius 2 is 2.24 bits per heavy atom. The highest BCUT2D eigenvalue weighted by Gasteiger charge is 2.32. The van der Waals surface area contributed by atoms with Crippen molar-refractivity contribution in [1.29, 1.82) is 0 Å². The number of nitrogens with zero attached hydrogens (tertiary/aromatic N) is 2. The Hall–Kier alpha value is -0.910. The zero-order valence-corrected chi connectivity index (χ0v) is 14.2. The first-order chi connectivity index (χ1) is 9.94. The van der Waals surface area contributed by atoms with E-state index in [4.69, 9.17) is 11.6 Å². The van der Waals surface area contributed by atoms with Crippen molar-refractivity contribution in [2.75, 3.05) is 0 Å². The molecule has 110 valence electrons. The summed E-state index contributed by atoms with van der Waals surface area (Å²) in [5, 5.41) is 2.69. The molecule has 0 aromatic carbocycles. The van der Waals surface area contributed by atoms with E-state index in [-0.39, 0.29) is 11.2 Å². The summed E-state index contributed by atoms with van der Waals surface area (Å²) in [6, 6.07) is 2.02. The van der Waals surface area contributed by atoms with Crippen molar-refractivity contribution in [3.8, 4) is 0 Å². The predicted octanol–water partition coefficient (Wildman–Crippen LogP) is 4.64. The topological polar surface area (TPSA) is 42.9 Å². The van der Waals surface area contributed by atoms with Gasteiger partial charge in [-0.3, -0.25) is 4.79 Å². The van der Waals surface area contributed by atoms with Crippen molar-refractivity contribution in [3.63, 3.8) is 0 Å². The normalized spacial score (nSPS) is 16.8. The molecule has 6 heteroatoms. The highest BCUT2D eigenvalue weighted by atomic mass is 35.5. The Labute approximate surface area is 137 Å². The van der Waals surface area contributed by atoms with E-state index in [0.29, 0.717) is 17.1 Å². The quantitative estimate of drug-likeness (QED) is 0.604. The van der Waals surface area contributed by atoms with Crippen LogP contribution < -0.4 is 0 Å². The van der Waals surface area contributed by atoms with Gasteiger partial charge in [0, 0.05) is 18.4 Å². The molecule has 0 fully saturated rings. The minimum Gasteiger partial charge on any atom is -0.294 e. The molecule has 0 radical (unpaired) electrons. The van der Waals surface area contributed by atoms with Gasteiger partial charge >= 0.3 is 0 Å². The predicted molar refractivity (Wildman–Crippen MR) is 87.4 cm³/mol. The molecule has 0 saturated heterocycles. The number of thiophene rings is 1. The number of aromatic nitrogens is 2. The van der Waals surface area contributed by atoms with Crippen molar-refractivity contribution in [2.45, 2.75) is 37.6 Å². The van der Waals surface area contributed by atoms with E-state index >= 15 is 0 Å². The standard InChI is InChI=1S/C15H15ClN2OS2/c1-15(2)5-11-10(12(19)6-15)7-17-14(18-11)21-8-9-3-4-20-13(9)16/h3-4,7H,5-6,8H2,1-2H3. The molecule has 0 unspecified atom stereocenters. The van der Waals surface area contributed by atoms with Gasteiger partial charge in [0.1, 0.15) is 0 Å². The van der Waals surface area contributed by atoms with Gasteiger partial charge in [0.15, 0.2) is 10.9 Å². The monoisotopic (exact) mass is 338 g/mol.